The number of aryl methyl sites for hydroxylation is 1. The van der Waals surface area contributed by atoms with E-state index < -0.39 is 35.5 Å². The van der Waals surface area contributed by atoms with Crippen LogP contribution in [0.3, 0.4) is 0 Å². The zero-order valence-electron chi connectivity index (χ0n) is 19.2. The van der Waals surface area contributed by atoms with E-state index in [-0.39, 0.29) is 11.5 Å². The number of nitrogens with one attached hydrogen (secondary N) is 2. The summed E-state index contributed by atoms with van der Waals surface area (Å²) in [7, 11) is 0. The van der Waals surface area contributed by atoms with Gasteiger partial charge in [0, 0.05) is 11.8 Å². The molecule has 4 amide bonds. The van der Waals surface area contributed by atoms with Crippen LogP contribution in [0.2, 0.25) is 0 Å². The molecular weight excluding hydrogens is 504 g/mol. The average molecular weight is 525 g/mol. The molecule has 0 saturated carbocycles. The van der Waals surface area contributed by atoms with Crippen molar-refractivity contribution < 1.29 is 28.7 Å². The summed E-state index contributed by atoms with van der Waals surface area (Å²) in [5, 5.41) is 4.87. The van der Waals surface area contributed by atoms with Gasteiger partial charge in [0.2, 0.25) is 11.8 Å². The summed E-state index contributed by atoms with van der Waals surface area (Å²) in [6.07, 6.45) is 0.998. The number of esters is 1. The number of nitrogens with zero attached hydrogens (tertiary/aromatic N) is 2. The lowest BCUT2D eigenvalue weighted by Gasteiger charge is -2.11. The lowest BCUT2D eigenvalue weighted by Crippen LogP contribution is -2.36. The van der Waals surface area contributed by atoms with Crippen LogP contribution in [-0.2, 0) is 19.1 Å². The quantitative estimate of drug-likeness (QED) is 0.351. The van der Waals surface area contributed by atoms with Crippen molar-refractivity contribution in [3.63, 3.8) is 0 Å². The molecule has 0 atom stereocenters. The third-order valence-corrected chi connectivity index (χ3v) is 6.73. The lowest BCUT2D eigenvalue weighted by molar-refractivity contribution is -0.127. The van der Waals surface area contributed by atoms with Crippen LogP contribution in [0.5, 0.6) is 0 Å². The number of aromatic nitrogens is 1. The average Bonchev–Trinajstić information content (AvgIpc) is 3.34. The minimum absolute atomic E-state index is 0.107. The number of rotatable bonds is 7. The van der Waals surface area contributed by atoms with Crippen molar-refractivity contribution in [2.45, 2.75) is 13.8 Å². The molecule has 2 aromatic carbocycles. The monoisotopic (exact) mass is 524 g/mol. The molecule has 10 nitrogen and oxygen atoms in total. The Bertz CT molecular complexity index is 1410. The number of hydrogen-bond acceptors (Lipinski definition) is 9. The second kappa shape index (κ2) is 10.7. The van der Waals surface area contributed by atoms with Crippen molar-refractivity contribution in [1.82, 2.24) is 9.88 Å². The van der Waals surface area contributed by atoms with Gasteiger partial charge in [0.25, 0.3) is 11.1 Å². The maximum Gasteiger partial charge on any atom is 0.338 e. The Morgan fingerprint density at radius 1 is 1.08 bits per heavy atom. The summed E-state index contributed by atoms with van der Waals surface area (Å²) >= 11 is 1.86. The minimum atomic E-state index is -0.743. The summed E-state index contributed by atoms with van der Waals surface area (Å²) in [5.41, 5.74) is 2.51. The number of amides is 4. The number of carbonyl (C=O) groups is 5. The minimum Gasteiger partial charge on any atom is -0.462 e. The van der Waals surface area contributed by atoms with Gasteiger partial charge in [0.1, 0.15) is 6.54 Å². The molecule has 36 heavy (non-hydrogen) atoms. The molecule has 0 unspecified atom stereocenters. The van der Waals surface area contributed by atoms with Crippen LogP contribution in [-0.4, -0.2) is 52.0 Å². The topological polar surface area (TPSA) is 135 Å². The maximum atomic E-state index is 12.6. The molecule has 0 radical (unpaired) electrons. The fourth-order valence-electron chi connectivity index (χ4n) is 3.23. The molecule has 0 aliphatic carbocycles. The molecule has 1 aliphatic rings. The molecule has 0 bridgehead atoms. The summed E-state index contributed by atoms with van der Waals surface area (Å²) < 4.78 is 5.81. The van der Waals surface area contributed by atoms with Crippen LogP contribution in [0, 0.1) is 6.92 Å². The predicted molar refractivity (Wildman–Crippen MR) is 137 cm³/mol. The molecule has 184 valence electrons. The van der Waals surface area contributed by atoms with Crippen LogP contribution in [0.15, 0.2) is 53.4 Å². The van der Waals surface area contributed by atoms with Gasteiger partial charge in [-0.3, -0.25) is 24.1 Å². The fraction of sp³-hybridized carbons (Fsp3) is 0.167. The summed E-state index contributed by atoms with van der Waals surface area (Å²) in [4.78, 5) is 66.5. The Balaban J connectivity index is 1.36. The van der Waals surface area contributed by atoms with Gasteiger partial charge in [-0.1, -0.05) is 17.4 Å². The number of ether oxygens (including phenoxy) is 1. The highest BCUT2D eigenvalue weighted by Crippen LogP contribution is 2.31. The second-order valence-electron chi connectivity index (χ2n) is 7.59. The van der Waals surface area contributed by atoms with E-state index in [0.717, 1.165) is 26.8 Å². The summed E-state index contributed by atoms with van der Waals surface area (Å²) in [6.45, 7) is 3.39. The van der Waals surface area contributed by atoms with Crippen molar-refractivity contribution in [2.24, 2.45) is 0 Å². The summed E-state index contributed by atoms with van der Waals surface area (Å²) in [5.74, 6) is -2.45. The Labute approximate surface area is 213 Å². The summed E-state index contributed by atoms with van der Waals surface area (Å²) in [6, 6.07) is 11.7. The Morgan fingerprint density at radius 2 is 1.83 bits per heavy atom. The number of anilines is 2. The number of fused-ring (bicyclic) bond motifs is 1. The Hall–Kier alpha value is -4.03. The molecule has 1 saturated heterocycles. The number of thioether (sulfide) groups is 1. The van der Waals surface area contributed by atoms with E-state index in [4.69, 9.17) is 4.74 Å². The van der Waals surface area contributed by atoms with E-state index in [1.165, 1.54) is 35.6 Å². The lowest BCUT2D eigenvalue weighted by atomic mass is 10.2. The van der Waals surface area contributed by atoms with E-state index in [1.807, 2.05) is 25.1 Å². The molecule has 1 aliphatic heterocycles. The van der Waals surface area contributed by atoms with Crippen LogP contribution in [0.1, 0.15) is 22.8 Å². The van der Waals surface area contributed by atoms with Crippen LogP contribution >= 0.6 is 23.1 Å². The van der Waals surface area contributed by atoms with Crippen molar-refractivity contribution in [2.75, 3.05) is 23.8 Å². The largest absolute Gasteiger partial charge is 0.462 e. The molecule has 12 heteroatoms. The molecular formula is C24H20N4O6S2. The highest BCUT2D eigenvalue weighted by Gasteiger charge is 2.37. The highest BCUT2D eigenvalue weighted by molar-refractivity contribution is 8.18. The zero-order valence-corrected chi connectivity index (χ0v) is 20.8. The molecule has 0 spiro atoms. The van der Waals surface area contributed by atoms with Crippen LogP contribution in [0.25, 0.3) is 10.2 Å². The van der Waals surface area contributed by atoms with Gasteiger partial charge in [0.05, 0.1) is 27.3 Å². The first-order chi connectivity index (χ1) is 17.2. The van der Waals surface area contributed by atoms with E-state index >= 15 is 0 Å². The number of benzene rings is 2. The SMILES string of the molecule is CCOC(=O)c1ccc(NC(=O)/C=C2\SC(=O)N(CC(=O)Nc3nc4ccc(C)cc4s3)C2=O)cc1. The Kier molecular flexibility index (Phi) is 7.46. The normalized spacial score (nSPS) is 14.4. The first-order valence-corrected chi connectivity index (χ1v) is 12.4. The van der Waals surface area contributed by atoms with E-state index in [9.17, 15) is 24.0 Å². The maximum absolute atomic E-state index is 12.6. The van der Waals surface area contributed by atoms with Gasteiger partial charge in [0.15, 0.2) is 5.13 Å². The first-order valence-electron chi connectivity index (χ1n) is 10.7. The fourth-order valence-corrected chi connectivity index (χ4v) is 5.01. The number of hydrogen-bond donors (Lipinski definition) is 2. The van der Waals surface area contributed by atoms with Crippen molar-refractivity contribution in [3.8, 4) is 0 Å². The third-order valence-electron chi connectivity index (χ3n) is 4.89. The van der Waals surface area contributed by atoms with Gasteiger partial charge in [-0.2, -0.15) is 0 Å². The third kappa shape index (κ3) is 5.78. The predicted octanol–water partition coefficient (Wildman–Crippen LogP) is 3.94. The van der Waals surface area contributed by atoms with Gasteiger partial charge in [-0.15, -0.1) is 0 Å². The number of imide groups is 1. The molecule has 3 aromatic rings. The molecule has 2 N–H and O–H groups in total. The molecule has 4 rings (SSSR count). The second-order valence-corrected chi connectivity index (χ2v) is 9.62. The highest BCUT2D eigenvalue weighted by atomic mass is 32.2. The first kappa shape index (κ1) is 25.1. The van der Waals surface area contributed by atoms with Crippen molar-refractivity contribution >= 4 is 73.1 Å². The van der Waals surface area contributed by atoms with E-state index in [2.05, 4.69) is 15.6 Å². The van der Waals surface area contributed by atoms with Gasteiger partial charge >= 0.3 is 5.97 Å². The smallest absolute Gasteiger partial charge is 0.338 e. The van der Waals surface area contributed by atoms with Gasteiger partial charge in [-0.25, -0.2) is 9.78 Å². The standard InChI is InChI=1S/C24H20N4O6S2/c1-3-34-22(32)14-5-7-15(8-6-14)25-19(29)11-18-21(31)28(24(33)36-18)12-20(30)27-23-26-16-9-4-13(2)10-17(16)35-23/h4-11H,3,12H2,1-2H3,(H,25,29)(H,26,27,30)/b18-11-. The van der Waals surface area contributed by atoms with Crippen molar-refractivity contribution in [1.29, 1.82) is 0 Å². The van der Waals surface area contributed by atoms with E-state index in [0.29, 0.717) is 28.1 Å². The number of carbonyl (C=O) groups excluding carboxylic acids is 5. The van der Waals surface area contributed by atoms with Crippen molar-refractivity contribution in [3.05, 3.63) is 64.6 Å². The van der Waals surface area contributed by atoms with E-state index in [1.54, 1.807) is 6.92 Å². The zero-order chi connectivity index (χ0) is 25.8. The van der Waals surface area contributed by atoms with Crippen LogP contribution < -0.4 is 10.6 Å². The molecule has 2 heterocycles. The number of thiazole rings is 1. The Morgan fingerprint density at radius 3 is 2.56 bits per heavy atom. The van der Waals surface area contributed by atoms with Gasteiger partial charge < -0.3 is 15.4 Å². The van der Waals surface area contributed by atoms with Gasteiger partial charge in [-0.05, 0) is 67.6 Å². The molecule has 1 aromatic heterocycles. The van der Waals surface area contributed by atoms with Crippen LogP contribution in [0.4, 0.5) is 15.6 Å². The molecule has 1 fully saturated rings.